The molecule has 1 N–H and O–H groups in total. The molecule has 0 aliphatic carbocycles. The molecule has 0 bridgehead atoms. The van der Waals surface area contributed by atoms with Crippen molar-refractivity contribution in [2.24, 2.45) is 5.10 Å². The van der Waals surface area contributed by atoms with E-state index in [1.54, 1.807) is 0 Å². The van der Waals surface area contributed by atoms with Gasteiger partial charge in [-0.1, -0.05) is 70.5 Å². The van der Waals surface area contributed by atoms with Gasteiger partial charge in [0.15, 0.2) is 6.61 Å². The molecule has 0 heterocycles. The number of nitrogens with one attached hydrogen (secondary N) is 1. The molecule has 0 unspecified atom stereocenters. The minimum absolute atomic E-state index is 0.0558. The Morgan fingerprint density at radius 1 is 1.15 bits per heavy atom. The first-order valence-corrected chi connectivity index (χ1v) is 9.94. The lowest BCUT2D eigenvalue weighted by molar-refractivity contribution is -0.123. The van der Waals surface area contributed by atoms with Crippen molar-refractivity contribution in [2.45, 2.75) is 46.0 Å². The van der Waals surface area contributed by atoms with Crippen molar-refractivity contribution in [3.63, 3.8) is 0 Å². The monoisotopic (exact) mass is 430 g/mol. The van der Waals surface area contributed by atoms with Gasteiger partial charge in [-0.15, -0.1) is 0 Å². The van der Waals surface area contributed by atoms with Crippen LogP contribution in [0.15, 0.2) is 58.1 Å². The molecule has 0 fully saturated rings. The van der Waals surface area contributed by atoms with Gasteiger partial charge in [0.2, 0.25) is 0 Å². The van der Waals surface area contributed by atoms with Crippen molar-refractivity contribution in [3.05, 3.63) is 64.1 Å². The summed E-state index contributed by atoms with van der Waals surface area (Å²) in [7, 11) is 0. The largest absolute Gasteiger partial charge is 0.483 e. The number of benzene rings is 2. The molecule has 0 aliphatic heterocycles. The molecule has 0 spiro atoms. The van der Waals surface area contributed by atoms with E-state index in [2.05, 4.69) is 54.2 Å². The summed E-state index contributed by atoms with van der Waals surface area (Å²) in [4.78, 5) is 12.1. The van der Waals surface area contributed by atoms with Gasteiger partial charge in [0, 0.05) is 0 Å². The van der Waals surface area contributed by atoms with Gasteiger partial charge in [-0.05, 0) is 51.0 Å². The Kier molecular flexibility index (Phi) is 7.60. The molecule has 2 rings (SSSR count). The zero-order chi connectivity index (χ0) is 19.9. The van der Waals surface area contributed by atoms with Crippen LogP contribution in [0.3, 0.4) is 0 Å². The maximum Gasteiger partial charge on any atom is 0.277 e. The Balaban J connectivity index is 1.97. The minimum Gasteiger partial charge on any atom is -0.483 e. The molecular formula is C22H27BrN2O2. The number of hydrogen-bond acceptors (Lipinski definition) is 3. The lowest BCUT2D eigenvalue weighted by atomic mass is 9.87. The predicted octanol–water partition coefficient (Wildman–Crippen LogP) is 5.45. The highest BCUT2D eigenvalue weighted by Gasteiger charge is 2.15. The first-order chi connectivity index (χ1) is 12.8. The van der Waals surface area contributed by atoms with Gasteiger partial charge < -0.3 is 4.74 Å². The van der Waals surface area contributed by atoms with Gasteiger partial charge in [-0.2, -0.15) is 5.10 Å². The molecular weight excluding hydrogens is 404 g/mol. The zero-order valence-electron chi connectivity index (χ0n) is 16.4. The number of carbonyl (C=O) groups excluding carboxylic acids is 1. The first kappa shape index (κ1) is 21.2. The fraction of sp³-hybridized carbons (Fsp3) is 0.364. The maximum atomic E-state index is 12.1. The third-order valence-electron chi connectivity index (χ3n) is 4.07. The van der Waals surface area contributed by atoms with Crippen LogP contribution >= 0.6 is 15.9 Å². The number of amides is 1. The lowest BCUT2D eigenvalue weighted by Gasteiger charge is -2.20. The van der Waals surface area contributed by atoms with E-state index in [0.29, 0.717) is 5.75 Å². The third-order valence-corrected chi connectivity index (χ3v) is 4.69. The zero-order valence-corrected chi connectivity index (χ0v) is 18.0. The Morgan fingerprint density at radius 2 is 1.85 bits per heavy atom. The van der Waals surface area contributed by atoms with Crippen molar-refractivity contribution in [3.8, 4) is 5.75 Å². The average Bonchev–Trinajstić information content (AvgIpc) is 2.64. The minimum atomic E-state index is -0.286. The number of carbonyl (C=O) groups is 1. The lowest BCUT2D eigenvalue weighted by Crippen LogP contribution is -2.26. The molecule has 2 aromatic rings. The summed E-state index contributed by atoms with van der Waals surface area (Å²) in [6.45, 7) is 8.46. The average molecular weight is 431 g/mol. The van der Waals surface area contributed by atoms with Crippen LogP contribution in [0.2, 0.25) is 0 Å². The Hall–Kier alpha value is -2.14. The van der Waals surface area contributed by atoms with Gasteiger partial charge in [-0.25, -0.2) is 5.43 Å². The second-order valence-corrected chi connectivity index (χ2v) is 8.25. The molecule has 0 aliphatic rings. The number of hydrogen-bond donors (Lipinski definition) is 1. The Bertz CT molecular complexity index is 796. The molecule has 2 aromatic carbocycles. The van der Waals surface area contributed by atoms with Crippen LogP contribution in [0.5, 0.6) is 5.75 Å². The number of hydrazone groups is 1. The number of nitrogens with zero attached hydrogens (tertiary/aromatic N) is 1. The van der Waals surface area contributed by atoms with Crippen molar-refractivity contribution in [2.75, 3.05) is 6.61 Å². The van der Waals surface area contributed by atoms with E-state index in [4.69, 9.17) is 4.74 Å². The highest BCUT2D eigenvalue weighted by atomic mass is 79.9. The standard InChI is InChI=1S/C22H27BrN2O2/c1-5-9-19(16-10-7-6-8-11-16)24-25-21(26)15-27-20-13-12-17(14-18(20)23)22(2,3)4/h6-8,10-14H,5,9,15H2,1-4H3,(H,25,26)/b24-19+. The SMILES string of the molecule is CCC/C(=N\NC(=O)COc1ccc(C(C)(C)C)cc1Br)c1ccccc1. The molecule has 5 heteroatoms. The molecule has 1 amide bonds. The van der Waals surface area contributed by atoms with Crippen LogP contribution < -0.4 is 10.2 Å². The second kappa shape index (κ2) is 9.70. The van der Waals surface area contributed by atoms with Crippen LogP contribution in [-0.4, -0.2) is 18.2 Å². The normalized spacial score (nSPS) is 12.0. The van der Waals surface area contributed by atoms with Crippen LogP contribution in [0.4, 0.5) is 0 Å². The molecule has 0 saturated carbocycles. The van der Waals surface area contributed by atoms with Crippen molar-refractivity contribution >= 4 is 27.5 Å². The predicted molar refractivity (Wildman–Crippen MR) is 114 cm³/mol. The van der Waals surface area contributed by atoms with Gasteiger partial charge in [-0.3, -0.25) is 4.79 Å². The van der Waals surface area contributed by atoms with E-state index in [9.17, 15) is 4.79 Å². The summed E-state index contributed by atoms with van der Waals surface area (Å²) in [6, 6.07) is 15.8. The van der Waals surface area contributed by atoms with E-state index in [0.717, 1.165) is 28.6 Å². The summed E-state index contributed by atoms with van der Waals surface area (Å²) in [6.07, 6.45) is 1.75. The van der Waals surface area contributed by atoms with Crippen molar-refractivity contribution < 1.29 is 9.53 Å². The highest BCUT2D eigenvalue weighted by molar-refractivity contribution is 9.10. The topological polar surface area (TPSA) is 50.7 Å². The van der Waals surface area contributed by atoms with Crippen LogP contribution in [0, 0.1) is 0 Å². The van der Waals surface area contributed by atoms with Gasteiger partial charge >= 0.3 is 0 Å². The summed E-state index contributed by atoms with van der Waals surface area (Å²) in [5, 5.41) is 4.29. The second-order valence-electron chi connectivity index (χ2n) is 7.39. The summed E-state index contributed by atoms with van der Waals surface area (Å²) < 4.78 is 6.47. The van der Waals surface area contributed by atoms with E-state index < -0.39 is 0 Å². The molecule has 4 nitrogen and oxygen atoms in total. The summed E-state index contributed by atoms with van der Waals surface area (Å²) in [5.74, 6) is 0.352. The van der Waals surface area contributed by atoms with Crippen molar-refractivity contribution in [1.82, 2.24) is 5.43 Å². The summed E-state index contributed by atoms with van der Waals surface area (Å²) >= 11 is 3.52. The molecule has 0 saturated heterocycles. The van der Waals surface area contributed by atoms with Gasteiger partial charge in [0.1, 0.15) is 5.75 Å². The van der Waals surface area contributed by atoms with Gasteiger partial charge in [0.25, 0.3) is 5.91 Å². The molecule has 0 atom stereocenters. The molecule has 27 heavy (non-hydrogen) atoms. The van der Waals surface area contributed by atoms with E-state index >= 15 is 0 Å². The molecule has 0 radical (unpaired) electrons. The smallest absolute Gasteiger partial charge is 0.277 e. The van der Waals surface area contributed by atoms with E-state index in [1.807, 2.05) is 48.5 Å². The molecule has 0 aromatic heterocycles. The quantitative estimate of drug-likeness (QED) is 0.469. The maximum absolute atomic E-state index is 12.1. The number of ether oxygens (including phenoxy) is 1. The number of rotatable bonds is 7. The summed E-state index contributed by atoms with van der Waals surface area (Å²) in [5.41, 5.74) is 5.73. The third kappa shape index (κ3) is 6.51. The Morgan fingerprint density at radius 3 is 2.44 bits per heavy atom. The van der Waals surface area contributed by atoms with Crippen molar-refractivity contribution in [1.29, 1.82) is 0 Å². The fourth-order valence-electron chi connectivity index (χ4n) is 2.52. The van der Waals surface area contributed by atoms with E-state index in [-0.39, 0.29) is 17.9 Å². The van der Waals surface area contributed by atoms with Crippen LogP contribution in [0.1, 0.15) is 51.7 Å². The van der Waals surface area contributed by atoms with Crippen LogP contribution in [0.25, 0.3) is 0 Å². The molecule has 144 valence electrons. The van der Waals surface area contributed by atoms with E-state index in [1.165, 1.54) is 5.56 Å². The fourth-order valence-corrected chi connectivity index (χ4v) is 3.02. The van der Waals surface area contributed by atoms with Gasteiger partial charge in [0.05, 0.1) is 10.2 Å². The number of halogens is 1. The Labute approximate surface area is 170 Å². The first-order valence-electron chi connectivity index (χ1n) is 9.15. The highest BCUT2D eigenvalue weighted by Crippen LogP contribution is 2.31. The van der Waals surface area contributed by atoms with Crippen LogP contribution in [-0.2, 0) is 10.2 Å².